The molecule has 0 aliphatic rings. The molecule has 0 bridgehead atoms. The maximum atomic E-state index is 10.0. The van der Waals surface area contributed by atoms with Crippen molar-refractivity contribution in [1.29, 1.82) is 0 Å². The van der Waals surface area contributed by atoms with Crippen molar-refractivity contribution in [1.82, 2.24) is 14.4 Å². The minimum absolute atomic E-state index is 0.0812. The third-order valence-electron chi connectivity index (χ3n) is 2.88. The molecule has 1 unspecified atom stereocenters. The first-order chi connectivity index (χ1) is 9.39. The van der Waals surface area contributed by atoms with Gasteiger partial charge in [0, 0.05) is 18.9 Å². The lowest BCUT2D eigenvalue weighted by Crippen LogP contribution is -2.25. The fraction of sp³-hybridized carbons (Fsp3) is 0.538. The molecule has 2 aromatic heterocycles. The third kappa shape index (κ3) is 3.58. The molecule has 2 rings (SSSR count). The van der Waals surface area contributed by atoms with Gasteiger partial charge in [0.05, 0.1) is 12.3 Å². The SMILES string of the molecule is CC(C)(C)CC(O)CNc1nc(NN)cn2ccnc12. The van der Waals surface area contributed by atoms with Gasteiger partial charge in [-0.1, -0.05) is 20.8 Å². The number of rotatable bonds is 5. The van der Waals surface area contributed by atoms with Gasteiger partial charge in [-0.2, -0.15) is 0 Å². The summed E-state index contributed by atoms with van der Waals surface area (Å²) in [6.45, 7) is 6.71. The van der Waals surface area contributed by atoms with E-state index in [-0.39, 0.29) is 5.41 Å². The number of hydrogen-bond donors (Lipinski definition) is 4. The van der Waals surface area contributed by atoms with Crippen molar-refractivity contribution in [2.24, 2.45) is 11.3 Å². The van der Waals surface area contributed by atoms with E-state index < -0.39 is 6.10 Å². The molecule has 0 radical (unpaired) electrons. The largest absolute Gasteiger partial charge is 0.391 e. The first-order valence-corrected chi connectivity index (χ1v) is 6.61. The maximum absolute atomic E-state index is 10.0. The predicted molar refractivity (Wildman–Crippen MR) is 79.4 cm³/mol. The number of hydrogen-bond acceptors (Lipinski definition) is 6. The van der Waals surface area contributed by atoms with Crippen LogP contribution in [-0.4, -0.2) is 32.1 Å². The lowest BCUT2D eigenvalue weighted by molar-refractivity contribution is 0.132. The van der Waals surface area contributed by atoms with E-state index in [0.717, 1.165) is 0 Å². The maximum Gasteiger partial charge on any atom is 0.180 e. The quantitative estimate of drug-likeness (QED) is 0.485. The van der Waals surface area contributed by atoms with Crippen LogP contribution in [0.2, 0.25) is 0 Å². The average molecular weight is 278 g/mol. The highest BCUT2D eigenvalue weighted by molar-refractivity contribution is 5.65. The van der Waals surface area contributed by atoms with Gasteiger partial charge in [0.25, 0.3) is 0 Å². The second-order valence-electron chi connectivity index (χ2n) is 6.08. The van der Waals surface area contributed by atoms with Gasteiger partial charge < -0.3 is 20.2 Å². The lowest BCUT2D eigenvalue weighted by atomic mass is 9.89. The molecule has 5 N–H and O–H groups in total. The molecular weight excluding hydrogens is 256 g/mol. The molecule has 0 spiro atoms. The number of imidazole rings is 1. The zero-order valence-electron chi connectivity index (χ0n) is 12.1. The Morgan fingerprint density at radius 1 is 1.45 bits per heavy atom. The molecule has 0 fully saturated rings. The molecule has 7 heteroatoms. The van der Waals surface area contributed by atoms with Crippen molar-refractivity contribution in [2.75, 3.05) is 17.3 Å². The number of fused-ring (bicyclic) bond motifs is 1. The van der Waals surface area contributed by atoms with Crippen LogP contribution in [0.5, 0.6) is 0 Å². The summed E-state index contributed by atoms with van der Waals surface area (Å²) >= 11 is 0. The molecule has 20 heavy (non-hydrogen) atoms. The van der Waals surface area contributed by atoms with Gasteiger partial charge in [0.15, 0.2) is 17.3 Å². The number of aliphatic hydroxyl groups excluding tert-OH is 1. The van der Waals surface area contributed by atoms with E-state index in [1.807, 2.05) is 10.6 Å². The van der Waals surface area contributed by atoms with E-state index in [1.165, 1.54) is 0 Å². The number of nitrogens with zero attached hydrogens (tertiary/aromatic N) is 3. The molecule has 110 valence electrons. The van der Waals surface area contributed by atoms with E-state index >= 15 is 0 Å². The van der Waals surface area contributed by atoms with Gasteiger partial charge in [-0.3, -0.25) is 0 Å². The van der Waals surface area contributed by atoms with Crippen LogP contribution < -0.4 is 16.6 Å². The smallest absolute Gasteiger partial charge is 0.180 e. The Labute approximate surface area is 118 Å². The van der Waals surface area contributed by atoms with Crippen LogP contribution in [0.1, 0.15) is 27.2 Å². The Morgan fingerprint density at radius 3 is 2.85 bits per heavy atom. The normalized spacial score (nSPS) is 13.4. The molecule has 0 amide bonds. The number of aromatic nitrogens is 3. The van der Waals surface area contributed by atoms with E-state index in [0.29, 0.717) is 30.2 Å². The van der Waals surface area contributed by atoms with Crippen LogP contribution in [0.25, 0.3) is 5.65 Å². The fourth-order valence-corrected chi connectivity index (χ4v) is 2.11. The van der Waals surface area contributed by atoms with Crippen molar-refractivity contribution in [3.05, 3.63) is 18.6 Å². The fourth-order valence-electron chi connectivity index (χ4n) is 2.11. The van der Waals surface area contributed by atoms with Crippen molar-refractivity contribution in [3.63, 3.8) is 0 Å². The van der Waals surface area contributed by atoms with E-state index in [4.69, 9.17) is 5.84 Å². The van der Waals surface area contributed by atoms with Crippen molar-refractivity contribution >= 4 is 17.3 Å². The summed E-state index contributed by atoms with van der Waals surface area (Å²) in [5, 5.41) is 13.2. The highest BCUT2D eigenvalue weighted by Crippen LogP contribution is 2.21. The summed E-state index contributed by atoms with van der Waals surface area (Å²) in [5.74, 6) is 6.52. The van der Waals surface area contributed by atoms with Gasteiger partial charge in [0.1, 0.15) is 0 Å². The van der Waals surface area contributed by atoms with Gasteiger partial charge in [-0.15, -0.1) is 0 Å². The summed E-state index contributed by atoms with van der Waals surface area (Å²) < 4.78 is 1.82. The predicted octanol–water partition coefficient (Wildman–Crippen LogP) is 1.22. The van der Waals surface area contributed by atoms with Crippen molar-refractivity contribution < 1.29 is 5.11 Å². The van der Waals surface area contributed by atoms with Crippen LogP contribution in [0.3, 0.4) is 0 Å². The van der Waals surface area contributed by atoms with Gasteiger partial charge in [-0.05, 0) is 11.8 Å². The van der Waals surface area contributed by atoms with Crippen molar-refractivity contribution in [3.8, 4) is 0 Å². The second-order valence-corrected chi connectivity index (χ2v) is 6.08. The third-order valence-corrected chi connectivity index (χ3v) is 2.88. The standard InChI is InChI=1S/C13H22N6O/c1-13(2,3)6-9(20)7-16-11-12-15-4-5-19(12)8-10(17-11)18-14/h4-5,8-9,18,20H,6-7,14H2,1-3H3,(H,16,17). The zero-order valence-corrected chi connectivity index (χ0v) is 12.1. The zero-order chi connectivity index (χ0) is 14.8. The summed E-state index contributed by atoms with van der Waals surface area (Å²) in [7, 11) is 0. The molecule has 0 aliphatic heterocycles. The number of anilines is 2. The summed E-state index contributed by atoms with van der Waals surface area (Å²) in [4.78, 5) is 8.55. The Balaban J connectivity index is 2.11. The molecule has 2 heterocycles. The molecular formula is C13H22N6O. The topological polar surface area (TPSA) is 100 Å². The Kier molecular flexibility index (Phi) is 4.10. The molecule has 1 atom stereocenters. The number of aliphatic hydroxyl groups is 1. The van der Waals surface area contributed by atoms with Gasteiger partial charge in [0.2, 0.25) is 0 Å². The molecule has 0 aromatic carbocycles. The van der Waals surface area contributed by atoms with Crippen LogP contribution in [0, 0.1) is 5.41 Å². The molecule has 7 nitrogen and oxygen atoms in total. The monoisotopic (exact) mass is 278 g/mol. The van der Waals surface area contributed by atoms with Crippen molar-refractivity contribution in [2.45, 2.75) is 33.3 Å². The Bertz CT molecular complexity index is 574. The first kappa shape index (κ1) is 14.5. The van der Waals surface area contributed by atoms with E-state index in [9.17, 15) is 5.11 Å². The summed E-state index contributed by atoms with van der Waals surface area (Å²) in [6, 6.07) is 0. The second kappa shape index (κ2) is 5.64. The van der Waals surface area contributed by atoms with Crippen LogP contribution in [-0.2, 0) is 0 Å². The summed E-state index contributed by atoms with van der Waals surface area (Å²) in [6.07, 6.45) is 5.52. The molecule has 0 aliphatic carbocycles. The number of hydrazine groups is 1. The van der Waals surface area contributed by atoms with E-state index in [2.05, 4.69) is 41.5 Å². The highest BCUT2D eigenvalue weighted by atomic mass is 16.3. The lowest BCUT2D eigenvalue weighted by Gasteiger charge is -2.22. The Morgan fingerprint density at radius 2 is 2.20 bits per heavy atom. The minimum atomic E-state index is -0.443. The first-order valence-electron chi connectivity index (χ1n) is 6.61. The molecule has 0 saturated heterocycles. The van der Waals surface area contributed by atoms with Crippen LogP contribution in [0.4, 0.5) is 11.6 Å². The average Bonchev–Trinajstić information content (AvgIpc) is 2.81. The van der Waals surface area contributed by atoms with E-state index in [1.54, 1.807) is 12.4 Å². The summed E-state index contributed by atoms with van der Waals surface area (Å²) in [5.41, 5.74) is 3.30. The molecule has 2 aromatic rings. The number of nitrogen functional groups attached to an aromatic ring is 1. The number of nitrogens with two attached hydrogens (primary N) is 1. The van der Waals surface area contributed by atoms with Gasteiger partial charge in [-0.25, -0.2) is 15.8 Å². The minimum Gasteiger partial charge on any atom is -0.391 e. The Hall–Kier alpha value is -1.86. The highest BCUT2D eigenvalue weighted by Gasteiger charge is 2.17. The van der Waals surface area contributed by atoms with Gasteiger partial charge >= 0.3 is 0 Å². The number of nitrogens with one attached hydrogen (secondary N) is 2. The van der Waals surface area contributed by atoms with Crippen LogP contribution >= 0.6 is 0 Å². The van der Waals surface area contributed by atoms with Crippen LogP contribution in [0.15, 0.2) is 18.6 Å². The molecule has 0 saturated carbocycles.